The number of benzene rings is 1. The molecule has 0 aromatic heterocycles. The molecule has 3 amide bonds. The van der Waals surface area contributed by atoms with Gasteiger partial charge in [-0.2, -0.15) is 0 Å². The molecule has 1 unspecified atom stereocenters. The maximum Gasteiger partial charge on any atom is 0.241 e. The molecule has 2 heterocycles. The molecule has 6 heteroatoms. The Morgan fingerprint density at radius 3 is 2.41 bits per heavy atom. The Labute approximate surface area is 195 Å². The van der Waals surface area contributed by atoms with Crippen LogP contribution in [0.4, 0.5) is 0 Å². The van der Waals surface area contributed by atoms with E-state index in [9.17, 15) is 14.4 Å². The van der Waals surface area contributed by atoms with Crippen LogP contribution < -0.4 is 0 Å². The number of piperidine rings is 1. The molecule has 1 aromatic rings. The first-order valence-electron chi connectivity index (χ1n) is 12.4. The van der Waals surface area contributed by atoms with Gasteiger partial charge in [-0.15, -0.1) is 0 Å². The molecule has 0 radical (unpaired) electrons. The molecule has 2 saturated carbocycles. The Bertz CT molecular complexity index is 912. The molecular weight excluding hydrogens is 424 g/mol. The molecule has 0 spiro atoms. The third-order valence-electron chi connectivity index (χ3n) is 8.53. The number of carbonyl (C=O) groups excluding carboxylic acids is 3. The van der Waals surface area contributed by atoms with E-state index in [1.54, 1.807) is 6.07 Å². The number of hydrogen-bond acceptors (Lipinski definition) is 3. The molecule has 0 bridgehead atoms. The highest BCUT2D eigenvalue weighted by Gasteiger charge is 2.56. The van der Waals surface area contributed by atoms with Gasteiger partial charge in [0.05, 0.1) is 5.41 Å². The fourth-order valence-corrected chi connectivity index (χ4v) is 7.10. The molecule has 0 N–H and O–H groups in total. The van der Waals surface area contributed by atoms with Gasteiger partial charge < -0.3 is 4.90 Å². The lowest BCUT2D eigenvalue weighted by Gasteiger charge is -2.42. The van der Waals surface area contributed by atoms with Gasteiger partial charge >= 0.3 is 0 Å². The van der Waals surface area contributed by atoms with Crippen LogP contribution in [0, 0.1) is 11.8 Å². The first-order chi connectivity index (χ1) is 15.5. The minimum absolute atomic E-state index is 0.0108. The molecule has 172 valence electrons. The van der Waals surface area contributed by atoms with E-state index in [2.05, 4.69) is 0 Å². The summed E-state index contributed by atoms with van der Waals surface area (Å²) in [5.41, 5.74) is -0.556. The highest BCUT2D eigenvalue weighted by molar-refractivity contribution is 6.32. The van der Waals surface area contributed by atoms with Crippen molar-refractivity contribution in [3.8, 4) is 0 Å². The number of likely N-dealkylation sites (tertiary alicyclic amines) is 2. The van der Waals surface area contributed by atoms with Gasteiger partial charge in [0.2, 0.25) is 17.7 Å². The lowest BCUT2D eigenvalue weighted by atomic mass is 9.73. The van der Waals surface area contributed by atoms with Gasteiger partial charge in [-0.3, -0.25) is 19.3 Å². The zero-order valence-corrected chi connectivity index (χ0v) is 19.5. The Morgan fingerprint density at radius 1 is 0.969 bits per heavy atom. The van der Waals surface area contributed by atoms with E-state index in [0.29, 0.717) is 16.5 Å². The smallest absolute Gasteiger partial charge is 0.241 e. The van der Waals surface area contributed by atoms with Gasteiger partial charge in [-0.1, -0.05) is 61.9 Å². The minimum Gasteiger partial charge on any atom is -0.342 e. The Hall–Kier alpha value is -1.88. The minimum atomic E-state index is -1.18. The van der Waals surface area contributed by atoms with Crippen LogP contribution in [0.1, 0.15) is 76.2 Å². The van der Waals surface area contributed by atoms with Crippen LogP contribution in [0.15, 0.2) is 24.3 Å². The largest absolute Gasteiger partial charge is 0.342 e. The van der Waals surface area contributed by atoms with Crippen molar-refractivity contribution >= 4 is 29.3 Å². The maximum absolute atomic E-state index is 13.9. The normalized spacial score (nSPS) is 31.3. The molecule has 2 aliphatic heterocycles. The van der Waals surface area contributed by atoms with Crippen molar-refractivity contribution in [3.05, 3.63) is 34.9 Å². The second-order valence-corrected chi connectivity index (χ2v) is 10.8. The molecule has 5 rings (SSSR count). The quantitative estimate of drug-likeness (QED) is 0.616. The summed E-state index contributed by atoms with van der Waals surface area (Å²) in [5, 5.41) is 0.459. The summed E-state index contributed by atoms with van der Waals surface area (Å²) in [6, 6.07) is 7.22. The molecule has 2 saturated heterocycles. The van der Waals surface area contributed by atoms with Gasteiger partial charge in [0, 0.05) is 37.0 Å². The summed E-state index contributed by atoms with van der Waals surface area (Å²) in [4.78, 5) is 44.1. The lowest BCUT2D eigenvalue weighted by molar-refractivity contribution is -0.145. The highest BCUT2D eigenvalue weighted by atomic mass is 35.5. The number of halogens is 1. The molecule has 1 aromatic carbocycles. The third-order valence-corrected chi connectivity index (χ3v) is 8.86. The summed E-state index contributed by atoms with van der Waals surface area (Å²) in [6.07, 6.45) is 9.94. The summed E-state index contributed by atoms with van der Waals surface area (Å²) in [5.74, 6) is 0.930. The SMILES string of the molecule is O=C(CC1(c2ccccc2Cl)CC(=O)N(C2CCCC2)C1=O)N1CC[C@@H]2CCCC[C@H]2C1. The summed E-state index contributed by atoms with van der Waals surface area (Å²) in [7, 11) is 0. The fraction of sp³-hybridized carbons (Fsp3) is 0.654. The summed E-state index contributed by atoms with van der Waals surface area (Å²) >= 11 is 6.57. The van der Waals surface area contributed by atoms with Crippen LogP contribution >= 0.6 is 11.6 Å². The molecule has 3 atom stereocenters. The van der Waals surface area contributed by atoms with Gasteiger partial charge in [-0.25, -0.2) is 0 Å². The maximum atomic E-state index is 13.9. The first-order valence-corrected chi connectivity index (χ1v) is 12.8. The zero-order chi connectivity index (χ0) is 22.3. The monoisotopic (exact) mass is 456 g/mol. The average molecular weight is 457 g/mol. The van der Waals surface area contributed by atoms with Gasteiger partial charge in [0.25, 0.3) is 0 Å². The second-order valence-electron chi connectivity index (χ2n) is 10.4. The van der Waals surface area contributed by atoms with Crippen LogP contribution in [0.5, 0.6) is 0 Å². The third kappa shape index (κ3) is 3.76. The highest BCUT2D eigenvalue weighted by Crippen LogP contribution is 2.46. The van der Waals surface area contributed by atoms with Crippen molar-refractivity contribution < 1.29 is 14.4 Å². The second kappa shape index (κ2) is 8.81. The molecule has 4 aliphatic rings. The van der Waals surface area contributed by atoms with Crippen molar-refractivity contribution in [2.45, 2.75) is 82.1 Å². The molecular formula is C26H33ClN2O3. The van der Waals surface area contributed by atoms with E-state index in [-0.39, 0.29) is 36.6 Å². The lowest BCUT2D eigenvalue weighted by Crippen LogP contribution is -2.49. The van der Waals surface area contributed by atoms with E-state index in [1.165, 1.54) is 30.6 Å². The average Bonchev–Trinajstić information content (AvgIpc) is 3.40. The van der Waals surface area contributed by atoms with E-state index >= 15 is 0 Å². The van der Waals surface area contributed by atoms with Crippen molar-refractivity contribution in [3.63, 3.8) is 0 Å². The topological polar surface area (TPSA) is 57.7 Å². The number of nitrogens with zero attached hydrogens (tertiary/aromatic N) is 2. The van der Waals surface area contributed by atoms with Crippen molar-refractivity contribution in [2.75, 3.05) is 13.1 Å². The molecule has 5 nitrogen and oxygen atoms in total. The first kappa shape index (κ1) is 21.9. The molecule has 4 fully saturated rings. The summed E-state index contributed by atoms with van der Waals surface area (Å²) < 4.78 is 0. The van der Waals surface area contributed by atoms with Crippen LogP contribution in [-0.2, 0) is 19.8 Å². The zero-order valence-electron chi connectivity index (χ0n) is 18.7. The Morgan fingerprint density at radius 2 is 1.66 bits per heavy atom. The number of carbonyl (C=O) groups is 3. The standard InChI is InChI=1S/C26H33ClN2O3/c27-22-12-6-5-11-21(22)26(16-24(31)29(25(26)32)20-9-3-4-10-20)15-23(30)28-14-13-18-7-1-2-8-19(18)17-28/h5-6,11-12,18-20H,1-4,7-10,13-17H2/t18-,19-,26?/m0/s1. The number of fused-ring (bicyclic) bond motifs is 1. The van der Waals surface area contributed by atoms with Crippen LogP contribution in [0.25, 0.3) is 0 Å². The van der Waals surface area contributed by atoms with E-state index < -0.39 is 5.41 Å². The van der Waals surface area contributed by atoms with E-state index in [1.807, 2.05) is 23.1 Å². The number of rotatable bonds is 4. The van der Waals surface area contributed by atoms with Gasteiger partial charge in [-0.05, 0) is 49.1 Å². The fourth-order valence-electron chi connectivity index (χ4n) is 6.79. The Balaban J connectivity index is 1.44. The Kier molecular flexibility index (Phi) is 6.04. The number of imide groups is 1. The van der Waals surface area contributed by atoms with Crippen molar-refractivity contribution in [1.82, 2.24) is 9.80 Å². The van der Waals surface area contributed by atoms with Crippen molar-refractivity contribution in [2.24, 2.45) is 11.8 Å². The van der Waals surface area contributed by atoms with Crippen LogP contribution in [0.2, 0.25) is 5.02 Å². The van der Waals surface area contributed by atoms with E-state index in [0.717, 1.165) is 51.1 Å². The van der Waals surface area contributed by atoms with E-state index in [4.69, 9.17) is 11.6 Å². The summed E-state index contributed by atoms with van der Waals surface area (Å²) in [6.45, 7) is 1.55. The molecule has 2 aliphatic carbocycles. The number of amides is 3. The van der Waals surface area contributed by atoms with Crippen LogP contribution in [0.3, 0.4) is 0 Å². The van der Waals surface area contributed by atoms with Gasteiger partial charge in [0.15, 0.2) is 0 Å². The number of hydrogen-bond donors (Lipinski definition) is 0. The predicted molar refractivity (Wildman–Crippen MR) is 123 cm³/mol. The molecule has 32 heavy (non-hydrogen) atoms. The van der Waals surface area contributed by atoms with Crippen LogP contribution in [-0.4, -0.2) is 46.7 Å². The van der Waals surface area contributed by atoms with Crippen molar-refractivity contribution in [1.29, 1.82) is 0 Å². The predicted octanol–water partition coefficient (Wildman–Crippen LogP) is 4.71. The van der Waals surface area contributed by atoms with Gasteiger partial charge in [0.1, 0.15) is 0 Å².